The van der Waals surface area contributed by atoms with Crippen LogP contribution in [-0.4, -0.2) is 39.0 Å². The van der Waals surface area contributed by atoms with Crippen molar-refractivity contribution in [2.45, 2.75) is 17.5 Å². The molecule has 4 rings (SSSR count). The van der Waals surface area contributed by atoms with Crippen molar-refractivity contribution in [3.05, 3.63) is 119 Å². The molecule has 0 radical (unpaired) electrons. The maximum Gasteiger partial charge on any atom is 0.335 e. The number of nitrogens with one attached hydrogen (secondary N) is 3. The van der Waals surface area contributed by atoms with E-state index in [4.69, 9.17) is 20.6 Å². The number of anilines is 1. The molecule has 0 bridgehead atoms. The van der Waals surface area contributed by atoms with Gasteiger partial charge in [-0.2, -0.15) is 0 Å². The summed E-state index contributed by atoms with van der Waals surface area (Å²) in [5, 5.41) is 20.1. The van der Waals surface area contributed by atoms with E-state index in [1.807, 2.05) is 30.3 Å². The molecule has 41 heavy (non-hydrogen) atoms. The van der Waals surface area contributed by atoms with Gasteiger partial charge in [-0.15, -0.1) is 0 Å². The van der Waals surface area contributed by atoms with Crippen LogP contribution in [-0.2, 0) is 16.6 Å². The molecule has 0 heterocycles. The molecule has 0 saturated heterocycles. The second-order valence-corrected chi connectivity index (χ2v) is 10.8. The third-order valence-electron chi connectivity index (χ3n) is 6.22. The average molecular weight is 575 g/mol. The van der Waals surface area contributed by atoms with Crippen molar-refractivity contribution in [3.8, 4) is 11.5 Å². The second kappa shape index (κ2) is 13.0. The predicted octanol–water partition coefficient (Wildman–Crippen LogP) is 4.39. The predicted molar refractivity (Wildman–Crippen MR) is 156 cm³/mol. The fourth-order valence-electron chi connectivity index (χ4n) is 4.02. The molecule has 0 aliphatic rings. The van der Waals surface area contributed by atoms with Crippen LogP contribution in [0.1, 0.15) is 33.1 Å². The third kappa shape index (κ3) is 7.62. The van der Waals surface area contributed by atoms with E-state index in [0.29, 0.717) is 34.9 Å². The number of ether oxygens (including phenoxy) is 2. The van der Waals surface area contributed by atoms with Crippen LogP contribution >= 0.6 is 0 Å². The molecule has 0 fully saturated rings. The Hall–Kier alpha value is -4.87. The van der Waals surface area contributed by atoms with Crippen molar-refractivity contribution in [1.29, 1.82) is 5.41 Å². The van der Waals surface area contributed by atoms with Gasteiger partial charge in [0.2, 0.25) is 10.0 Å². The molecule has 1 unspecified atom stereocenters. The number of benzene rings is 4. The molecule has 0 amide bonds. The Morgan fingerprint density at radius 1 is 0.927 bits per heavy atom. The summed E-state index contributed by atoms with van der Waals surface area (Å²) < 4.78 is 41.0. The van der Waals surface area contributed by atoms with Crippen LogP contribution in [0.3, 0.4) is 0 Å². The number of hydrogen-bond donors (Lipinski definition) is 5. The first-order chi connectivity index (χ1) is 19.7. The Morgan fingerprint density at radius 3 is 2.32 bits per heavy atom. The summed E-state index contributed by atoms with van der Waals surface area (Å²) in [6.07, 6.45) is 0. The lowest BCUT2D eigenvalue weighted by Gasteiger charge is -2.22. The highest BCUT2D eigenvalue weighted by Crippen LogP contribution is 2.32. The summed E-state index contributed by atoms with van der Waals surface area (Å²) in [5.74, 6) is -0.387. The number of nitrogen functional groups attached to an aromatic ring is 1. The normalized spacial score (nSPS) is 11.8. The monoisotopic (exact) mass is 574 g/mol. The largest absolute Gasteiger partial charge is 0.493 e. The van der Waals surface area contributed by atoms with Gasteiger partial charge in [0.1, 0.15) is 12.4 Å². The van der Waals surface area contributed by atoms with Crippen LogP contribution in [0.15, 0.2) is 102 Å². The van der Waals surface area contributed by atoms with E-state index in [0.717, 1.165) is 11.6 Å². The zero-order valence-electron chi connectivity index (χ0n) is 22.2. The fourth-order valence-corrected chi connectivity index (χ4v) is 5.29. The summed E-state index contributed by atoms with van der Waals surface area (Å²) in [6, 6.07) is 26.0. The van der Waals surface area contributed by atoms with Crippen molar-refractivity contribution in [2.24, 2.45) is 5.73 Å². The van der Waals surface area contributed by atoms with Gasteiger partial charge in [0, 0.05) is 17.8 Å². The van der Waals surface area contributed by atoms with Crippen molar-refractivity contribution in [3.63, 3.8) is 0 Å². The molecule has 0 spiro atoms. The van der Waals surface area contributed by atoms with Crippen LogP contribution in [0.4, 0.5) is 5.69 Å². The molecule has 212 valence electrons. The van der Waals surface area contributed by atoms with Crippen molar-refractivity contribution >= 4 is 27.5 Å². The maximum atomic E-state index is 13.4. The quantitative estimate of drug-likeness (QED) is 0.116. The second-order valence-electron chi connectivity index (χ2n) is 9.06. The number of carbonyl (C=O) groups is 1. The number of sulfonamides is 1. The molecule has 1 atom stereocenters. The van der Waals surface area contributed by atoms with Gasteiger partial charge < -0.3 is 25.6 Å². The average Bonchev–Trinajstić information content (AvgIpc) is 2.98. The molecule has 0 aromatic heterocycles. The van der Waals surface area contributed by atoms with Crippen molar-refractivity contribution in [2.75, 3.05) is 19.0 Å². The van der Waals surface area contributed by atoms with Crippen LogP contribution in [0, 0.1) is 5.41 Å². The minimum absolute atomic E-state index is 0.0626. The van der Waals surface area contributed by atoms with E-state index >= 15 is 0 Å². The molecular formula is C30H30N4O6S. The van der Waals surface area contributed by atoms with Gasteiger partial charge in [-0.25, -0.2) is 17.9 Å². The summed E-state index contributed by atoms with van der Waals surface area (Å²) in [4.78, 5) is 11.2. The van der Waals surface area contributed by atoms with Gasteiger partial charge in [0.05, 0.1) is 23.6 Å². The van der Waals surface area contributed by atoms with Gasteiger partial charge in [0.25, 0.3) is 0 Å². The van der Waals surface area contributed by atoms with Crippen LogP contribution in [0.5, 0.6) is 11.5 Å². The Bertz CT molecular complexity index is 1630. The first kappa shape index (κ1) is 29.1. The zero-order valence-corrected chi connectivity index (χ0v) is 23.0. The number of methoxy groups -OCH3 is 1. The highest BCUT2D eigenvalue weighted by Gasteiger charge is 2.24. The first-order valence-electron chi connectivity index (χ1n) is 12.5. The molecule has 6 N–H and O–H groups in total. The number of rotatable bonds is 13. The van der Waals surface area contributed by atoms with Gasteiger partial charge >= 0.3 is 5.97 Å². The standard InChI is InChI=1S/C30H30N4O6S/c1-39-28-17-22(12-15-27(28)40-19-20-6-3-2-4-7-20)26(18-33-24-13-10-21(11-14-24)29(31)32)34-41(37,38)25-9-5-8-23(16-25)30(35)36/h2-17,26,33-34H,18-19H2,1H3,(H3,31,32)(H,35,36). The Balaban J connectivity index is 1.62. The molecular weight excluding hydrogens is 544 g/mol. The van der Waals surface area contributed by atoms with Gasteiger partial charge in [-0.1, -0.05) is 42.5 Å². The number of aromatic carboxylic acids is 1. The Kier molecular flexibility index (Phi) is 9.23. The van der Waals surface area contributed by atoms with Crippen molar-refractivity contribution in [1.82, 2.24) is 4.72 Å². The minimum atomic E-state index is -4.13. The lowest BCUT2D eigenvalue weighted by Crippen LogP contribution is -2.33. The van der Waals surface area contributed by atoms with E-state index in [-0.39, 0.29) is 22.8 Å². The fraction of sp³-hybridized carbons (Fsp3) is 0.133. The molecule has 0 saturated carbocycles. The summed E-state index contributed by atoms with van der Waals surface area (Å²) in [6.45, 7) is 0.453. The zero-order chi connectivity index (χ0) is 29.4. The highest BCUT2D eigenvalue weighted by atomic mass is 32.2. The molecule has 0 aliphatic carbocycles. The molecule has 0 aliphatic heterocycles. The first-order valence-corrected chi connectivity index (χ1v) is 14.0. The number of hydrogen-bond acceptors (Lipinski definition) is 7. The summed E-state index contributed by atoms with van der Waals surface area (Å²) in [7, 11) is -2.63. The van der Waals surface area contributed by atoms with E-state index in [2.05, 4.69) is 10.0 Å². The third-order valence-corrected chi connectivity index (χ3v) is 7.69. The van der Waals surface area contributed by atoms with E-state index in [1.54, 1.807) is 42.5 Å². The molecule has 11 heteroatoms. The molecule has 10 nitrogen and oxygen atoms in total. The topological polar surface area (TPSA) is 164 Å². The van der Waals surface area contributed by atoms with Gasteiger partial charge in [-0.05, 0) is 65.7 Å². The Morgan fingerprint density at radius 2 is 1.66 bits per heavy atom. The SMILES string of the molecule is COc1cc(C(CNc2ccc(C(=N)N)cc2)NS(=O)(=O)c2cccc(C(=O)O)c2)ccc1OCc1ccccc1. The van der Waals surface area contributed by atoms with E-state index in [9.17, 15) is 18.3 Å². The van der Waals surface area contributed by atoms with E-state index < -0.39 is 22.0 Å². The van der Waals surface area contributed by atoms with Crippen LogP contribution in [0.2, 0.25) is 0 Å². The highest BCUT2D eigenvalue weighted by molar-refractivity contribution is 7.89. The molecule has 4 aromatic rings. The van der Waals surface area contributed by atoms with Crippen molar-refractivity contribution < 1.29 is 27.8 Å². The smallest absolute Gasteiger partial charge is 0.335 e. The Labute approximate surface area is 238 Å². The lowest BCUT2D eigenvalue weighted by atomic mass is 10.1. The van der Waals surface area contributed by atoms with Crippen LogP contribution < -0.4 is 25.2 Å². The number of carboxylic acids is 1. The van der Waals surface area contributed by atoms with Gasteiger partial charge in [-0.3, -0.25) is 5.41 Å². The maximum absolute atomic E-state index is 13.4. The number of amidine groups is 1. The summed E-state index contributed by atoms with van der Waals surface area (Å²) in [5.41, 5.74) is 8.20. The number of nitrogens with two attached hydrogens (primary N) is 1. The van der Waals surface area contributed by atoms with E-state index in [1.165, 1.54) is 25.3 Å². The number of carboxylic acid groups (broad SMARTS) is 1. The van der Waals surface area contributed by atoms with Crippen LogP contribution in [0.25, 0.3) is 0 Å². The summed E-state index contributed by atoms with van der Waals surface area (Å²) >= 11 is 0. The molecule has 4 aromatic carbocycles. The minimum Gasteiger partial charge on any atom is -0.493 e. The lowest BCUT2D eigenvalue weighted by molar-refractivity contribution is 0.0696. The van der Waals surface area contributed by atoms with Gasteiger partial charge in [0.15, 0.2) is 11.5 Å².